The second-order valence-electron chi connectivity index (χ2n) is 5.23. The van der Waals surface area contributed by atoms with Crippen LogP contribution in [0.4, 0.5) is 11.4 Å². The maximum atomic E-state index is 10.2. The number of hydrogen-bond donors (Lipinski definition) is 3. The van der Waals surface area contributed by atoms with Gasteiger partial charge >= 0.3 is 0 Å². The van der Waals surface area contributed by atoms with Crippen LogP contribution in [-0.4, -0.2) is 36.0 Å². The Morgan fingerprint density at radius 1 is 1.40 bits per heavy atom. The van der Waals surface area contributed by atoms with Crippen molar-refractivity contribution in [2.75, 3.05) is 31.3 Å². The minimum absolute atomic E-state index is 0.444. The summed E-state index contributed by atoms with van der Waals surface area (Å²) in [6.07, 6.45) is 2.31. The number of rotatable bonds is 6. The number of nitrogens with zero attached hydrogens (tertiary/aromatic N) is 1. The number of nitrogen functional groups attached to an aromatic ring is 1. The topological polar surface area (TPSA) is 80.4 Å². The number of benzene rings is 1. The van der Waals surface area contributed by atoms with Crippen molar-refractivity contribution < 1.29 is 9.84 Å². The normalized spacial score (nSPS) is 14.2. The van der Waals surface area contributed by atoms with Gasteiger partial charge in [-0.25, -0.2) is 0 Å². The molecule has 108 valence electrons. The summed E-state index contributed by atoms with van der Waals surface area (Å²) in [5, 5.41) is 14.5. The van der Waals surface area contributed by atoms with E-state index in [9.17, 15) is 5.11 Å². The summed E-state index contributed by atoms with van der Waals surface area (Å²) in [6, 6.07) is 7.51. The van der Waals surface area contributed by atoms with Gasteiger partial charge in [-0.1, -0.05) is 0 Å². The Morgan fingerprint density at radius 2 is 2.20 bits per heavy atom. The highest BCUT2D eigenvalue weighted by Gasteiger charge is 2.19. The molecule has 5 nitrogen and oxygen atoms in total. The molecular formula is C15H21N3O2. The summed E-state index contributed by atoms with van der Waals surface area (Å²) in [7, 11) is 1.63. The molecule has 0 saturated carbocycles. The predicted molar refractivity (Wildman–Crippen MR) is 81.8 cm³/mol. The molecule has 5 heteroatoms. The predicted octanol–water partition coefficient (Wildman–Crippen LogP) is 2.02. The van der Waals surface area contributed by atoms with Crippen LogP contribution in [0.2, 0.25) is 0 Å². The molecule has 0 aliphatic rings. The lowest BCUT2D eigenvalue weighted by atomic mass is 10.0. The monoisotopic (exact) mass is 275 g/mol. The van der Waals surface area contributed by atoms with E-state index in [-0.39, 0.29) is 0 Å². The third kappa shape index (κ3) is 3.59. The smallest absolute Gasteiger partial charge is 0.0813 e. The van der Waals surface area contributed by atoms with Crippen molar-refractivity contribution >= 4 is 22.3 Å². The molecule has 0 spiro atoms. The van der Waals surface area contributed by atoms with Gasteiger partial charge in [-0.2, -0.15) is 0 Å². The van der Waals surface area contributed by atoms with Crippen LogP contribution >= 0.6 is 0 Å². The molecule has 20 heavy (non-hydrogen) atoms. The average Bonchev–Trinajstić information content (AvgIpc) is 2.42. The largest absolute Gasteiger partial charge is 0.399 e. The summed E-state index contributed by atoms with van der Waals surface area (Å²) in [5.41, 5.74) is 7.40. The van der Waals surface area contributed by atoms with E-state index in [0.29, 0.717) is 25.3 Å². The molecule has 0 aliphatic heterocycles. The molecule has 0 fully saturated rings. The van der Waals surface area contributed by atoms with E-state index in [4.69, 9.17) is 10.5 Å². The molecule has 0 saturated heterocycles. The number of anilines is 2. The molecule has 1 aromatic heterocycles. The Morgan fingerprint density at radius 3 is 2.95 bits per heavy atom. The first-order valence-corrected chi connectivity index (χ1v) is 6.61. The van der Waals surface area contributed by atoms with Gasteiger partial charge in [0, 0.05) is 49.6 Å². The highest BCUT2D eigenvalue weighted by Crippen LogP contribution is 2.24. The van der Waals surface area contributed by atoms with Gasteiger partial charge in [0.1, 0.15) is 0 Å². The molecule has 2 rings (SSSR count). The molecule has 1 atom stereocenters. The van der Waals surface area contributed by atoms with Crippen LogP contribution in [0, 0.1) is 0 Å². The first kappa shape index (κ1) is 14.6. The first-order valence-electron chi connectivity index (χ1n) is 6.61. The van der Waals surface area contributed by atoms with E-state index < -0.39 is 5.60 Å². The maximum absolute atomic E-state index is 10.2. The number of nitrogens with two attached hydrogens (primary N) is 1. The van der Waals surface area contributed by atoms with Gasteiger partial charge in [0.2, 0.25) is 0 Å². The van der Waals surface area contributed by atoms with E-state index in [0.717, 1.165) is 16.6 Å². The number of aromatic nitrogens is 1. The SMILES string of the molecule is COCCC(C)(O)CNc1ccnc2cc(N)ccc12. The van der Waals surface area contributed by atoms with Gasteiger partial charge in [-0.3, -0.25) is 4.98 Å². The Labute approximate surface area is 118 Å². The highest BCUT2D eigenvalue weighted by molar-refractivity contribution is 5.92. The molecule has 1 aromatic carbocycles. The minimum Gasteiger partial charge on any atom is -0.399 e. The molecule has 1 heterocycles. The lowest BCUT2D eigenvalue weighted by Gasteiger charge is -2.24. The average molecular weight is 275 g/mol. The number of ether oxygens (including phenoxy) is 1. The van der Waals surface area contributed by atoms with Crippen molar-refractivity contribution in [1.82, 2.24) is 4.98 Å². The lowest BCUT2D eigenvalue weighted by molar-refractivity contribution is 0.0358. The Hall–Kier alpha value is -1.85. The first-order chi connectivity index (χ1) is 9.52. The van der Waals surface area contributed by atoms with Gasteiger partial charge in [0.15, 0.2) is 0 Å². The molecule has 4 N–H and O–H groups in total. The number of aliphatic hydroxyl groups is 1. The Kier molecular flexibility index (Phi) is 4.42. The van der Waals surface area contributed by atoms with Gasteiger partial charge in [0.25, 0.3) is 0 Å². The second kappa shape index (κ2) is 6.07. The molecule has 0 radical (unpaired) electrons. The minimum atomic E-state index is -0.820. The van der Waals surface area contributed by atoms with Crippen LogP contribution in [0.3, 0.4) is 0 Å². The van der Waals surface area contributed by atoms with E-state index >= 15 is 0 Å². The van der Waals surface area contributed by atoms with Gasteiger partial charge < -0.3 is 20.9 Å². The quantitative estimate of drug-likeness (QED) is 0.703. The summed E-state index contributed by atoms with van der Waals surface area (Å²) in [5.74, 6) is 0. The van der Waals surface area contributed by atoms with E-state index in [2.05, 4.69) is 10.3 Å². The molecule has 0 aliphatic carbocycles. The van der Waals surface area contributed by atoms with Crippen LogP contribution < -0.4 is 11.1 Å². The Bertz CT molecular complexity index is 584. The fraction of sp³-hybridized carbons (Fsp3) is 0.400. The van der Waals surface area contributed by atoms with Gasteiger partial charge in [0.05, 0.1) is 11.1 Å². The van der Waals surface area contributed by atoms with Crippen molar-refractivity contribution in [1.29, 1.82) is 0 Å². The van der Waals surface area contributed by atoms with Gasteiger partial charge in [-0.15, -0.1) is 0 Å². The van der Waals surface area contributed by atoms with Crippen LogP contribution in [0.25, 0.3) is 10.9 Å². The Balaban J connectivity index is 2.14. The number of hydrogen-bond acceptors (Lipinski definition) is 5. The maximum Gasteiger partial charge on any atom is 0.0813 e. The molecular weight excluding hydrogens is 254 g/mol. The molecule has 0 bridgehead atoms. The standard InChI is InChI=1S/C15H21N3O2/c1-15(19,6-8-20-2)10-18-13-5-7-17-14-9-11(16)3-4-12(13)14/h3-5,7,9,19H,6,8,10,16H2,1-2H3,(H,17,18). The van der Waals surface area contributed by atoms with Crippen molar-refractivity contribution in [3.8, 4) is 0 Å². The fourth-order valence-electron chi connectivity index (χ4n) is 2.02. The van der Waals surface area contributed by atoms with E-state index in [1.54, 1.807) is 20.2 Å². The number of methoxy groups -OCH3 is 1. The number of pyridine rings is 1. The zero-order chi connectivity index (χ0) is 14.6. The summed E-state index contributed by atoms with van der Waals surface area (Å²) in [6.45, 7) is 2.77. The van der Waals surface area contributed by atoms with Crippen LogP contribution in [0.1, 0.15) is 13.3 Å². The van der Waals surface area contributed by atoms with Crippen molar-refractivity contribution in [3.63, 3.8) is 0 Å². The van der Waals surface area contributed by atoms with Crippen molar-refractivity contribution in [2.24, 2.45) is 0 Å². The molecule has 2 aromatic rings. The van der Waals surface area contributed by atoms with Crippen molar-refractivity contribution in [2.45, 2.75) is 18.9 Å². The lowest BCUT2D eigenvalue weighted by Crippen LogP contribution is -2.34. The summed E-state index contributed by atoms with van der Waals surface area (Å²) >= 11 is 0. The number of fused-ring (bicyclic) bond motifs is 1. The van der Waals surface area contributed by atoms with E-state index in [1.807, 2.05) is 24.3 Å². The summed E-state index contributed by atoms with van der Waals surface area (Å²) in [4.78, 5) is 4.29. The fourth-order valence-corrected chi connectivity index (χ4v) is 2.02. The van der Waals surface area contributed by atoms with Crippen LogP contribution in [-0.2, 0) is 4.74 Å². The molecule has 0 amide bonds. The van der Waals surface area contributed by atoms with E-state index in [1.165, 1.54) is 0 Å². The van der Waals surface area contributed by atoms with Crippen LogP contribution in [0.5, 0.6) is 0 Å². The zero-order valence-electron chi connectivity index (χ0n) is 11.9. The second-order valence-corrected chi connectivity index (χ2v) is 5.23. The highest BCUT2D eigenvalue weighted by atomic mass is 16.5. The number of nitrogens with one attached hydrogen (secondary N) is 1. The van der Waals surface area contributed by atoms with Crippen molar-refractivity contribution in [3.05, 3.63) is 30.5 Å². The molecule has 1 unspecified atom stereocenters. The zero-order valence-corrected chi connectivity index (χ0v) is 11.9. The summed E-state index contributed by atoms with van der Waals surface area (Å²) < 4.78 is 5.00. The van der Waals surface area contributed by atoms with Crippen LogP contribution in [0.15, 0.2) is 30.5 Å². The van der Waals surface area contributed by atoms with Gasteiger partial charge in [-0.05, 0) is 31.2 Å². The third-order valence-electron chi connectivity index (χ3n) is 3.27. The third-order valence-corrected chi connectivity index (χ3v) is 3.27.